The molecule has 1 aliphatic heterocycles. The lowest BCUT2D eigenvalue weighted by Gasteiger charge is -2.16. The van der Waals surface area contributed by atoms with Crippen LogP contribution in [0.2, 0.25) is 0 Å². The maximum atomic E-state index is 10.5. The molecule has 0 saturated carbocycles. The molecule has 1 N–H and O–H groups in total. The Labute approximate surface area is 178 Å². The molecule has 0 aromatic heterocycles. The van der Waals surface area contributed by atoms with Gasteiger partial charge in [-0.3, -0.25) is 4.90 Å². The zero-order chi connectivity index (χ0) is 20.8. The third-order valence-corrected chi connectivity index (χ3v) is 5.72. The molecular weight excluding hydrogens is 374 g/mol. The van der Waals surface area contributed by atoms with E-state index in [-0.39, 0.29) is 12.0 Å². The molecule has 30 heavy (non-hydrogen) atoms. The quantitative estimate of drug-likeness (QED) is 0.609. The van der Waals surface area contributed by atoms with Crippen molar-refractivity contribution in [3.05, 3.63) is 95.6 Å². The van der Waals surface area contributed by atoms with Gasteiger partial charge in [-0.1, -0.05) is 54.6 Å². The van der Waals surface area contributed by atoms with Crippen molar-refractivity contribution < 1.29 is 14.6 Å². The number of aliphatic hydroxyl groups excluding tert-OH is 1. The highest BCUT2D eigenvalue weighted by atomic mass is 16.5. The lowest BCUT2D eigenvalue weighted by Crippen LogP contribution is -2.21. The molecule has 0 bridgehead atoms. The summed E-state index contributed by atoms with van der Waals surface area (Å²) < 4.78 is 11.1. The Bertz CT molecular complexity index is 909. The fourth-order valence-electron chi connectivity index (χ4n) is 4.03. The minimum Gasteiger partial charge on any atom is -0.497 e. The van der Waals surface area contributed by atoms with E-state index in [1.807, 2.05) is 42.5 Å². The van der Waals surface area contributed by atoms with Crippen molar-refractivity contribution in [2.75, 3.05) is 20.2 Å². The molecule has 4 heteroatoms. The zero-order valence-electron chi connectivity index (χ0n) is 17.4. The first-order chi connectivity index (χ1) is 14.7. The van der Waals surface area contributed by atoms with Crippen LogP contribution in [0.1, 0.15) is 16.7 Å². The second-order valence-corrected chi connectivity index (χ2v) is 7.99. The van der Waals surface area contributed by atoms with Crippen LogP contribution in [-0.2, 0) is 19.6 Å². The van der Waals surface area contributed by atoms with Crippen molar-refractivity contribution in [2.24, 2.45) is 5.92 Å². The van der Waals surface area contributed by atoms with Crippen LogP contribution in [0, 0.1) is 5.92 Å². The van der Waals surface area contributed by atoms with Gasteiger partial charge in [0.05, 0.1) is 13.2 Å². The van der Waals surface area contributed by atoms with E-state index in [1.54, 1.807) is 7.11 Å². The van der Waals surface area contributed by atoms with Crippen LogP contribution in [0.15, 0.2) is 78.9 Å². The molecule has 0 unspecified atom stereocenters. The van der Waals surface area contributed by atoms with E-state index >= 15 is 0 Å². The van der Waals surface area contributed by atoms with Gasteiger partial charge in [0.1, 0.15) is 18.1 Å². The van der Waals surface area contributed by atoms with Crippen LogP contribution in [0.4, 0.5) is 0 Å². The highest BCUT2D eigenvalue weighted by Crippen LogP contribution is 2.24. The van der Waals surface area contributed by atoms with Gasteiger partial charge in [-0.2, -0.15) is 0 Å². The monoisotopic (exact) mass is 403 g/mol. The van der Waals surface area contributed by atoms with Crippen molar-refractivity contribution in [3.63, 3.8) is 0 Å². The number of ether oxygens (including phenoxy) is 2. The molecule has 0 aliphatic carbocycles. The van der Waals surface area contributed by atoms with Crippen LogP contribution in [0.25, 0.3) is 0 Å². The summed E-state index contributed by atoms with van der Waals surface area (Å²) in [5.41, 5.74) is 3.63. The molecule has 0 spiro atoms. The average molecular weight is 404 g/mol. The van der Waals surface area contributed by atoms with E-state index in [0.717, 1.165) is 43.1 Å². The van der Waals surface area contributed by atoms with Crippen molar-refractivity contribution in [1.82, 2.24) is 4.90 Å². The fourth-order valence-corrected chi connectivity index (χ4v) is 4.03. The Morgan fingerprint density at radius 3 is 2.17 bits per heavy atom. The second-order valence-electron chi connectivity index (χ2n) is 7.99. The third-order valence-electron chi connectivity index (χ3n) is 5.72. The third kappa shape index (κ3) is 5.41. The number of hydrogen-bond acceptors (Lipinski definition) is 4. The smallest absolute Gasteiger partial charge is 0.119 e. The lowest BCUT2D eigenvalue weighted by molar-refractivity contribution is 0.141. The first kappa shape index (κ1) is 20.5. The number of benzene rings is 3. The molecule has 1 aliphatic rings. The highest BCUT2D eigenvalue weighted by molar-refractivity contribution is 5.30. The fraction of sp³-hybridized carbons (Fsp3) is 0.308. The summed E-state index contributed by atoms with van der Waals surface area (Å²) in [5, 5.41) is 10.5. The van der Waals surface area contributed by atoms with Crippen LogP contribution >= 0.6 is 0 Å². The Morgan fingerprint density at radius 2 is 1.47 bits per heavy atom. The number of aliphatic hydroxyl groups is 1. The molecule has 3 aromatic rings. The topological polar surface area (TPSA) is 41.9 Å². The van der Waals surface area contributed by atoms with E-state index < -0.39 is 0 Å². The van der Waals surface area contributed by atoms with Gasteiger partial charge in [-0.05, 0) is 47.4 Å². The number of hydrogen-bond donors (Lipinski definition) is 1. The summed E-state index contributed by atoms with van der Waals surface area (Å²) in [5.74, 6) is 1.96. The normalized spacial score (nSPS) is 19.0. The van der Waals surface area contributed by atoms with Gasteiger partial charge >= 0.3 is 0 Å². The molecule has 1 heterocycles. The number of methoxy groups -OCH3 is 1. The Morgan fingerprint density at radius 1 is 0.800 bits per heavy atom. The van der Waals surface area contributed by atoms with E-state index in [9.17, 15) is 5.11 Å². The molecule has 156 valence electrons. The molecular formula is C26H29NO3. The summed E-state index contributed by atoms with van der Waals surface area (Å²) in [7, 11) is 1.67. The van der Waals surface area contributed by atoms with E-state index in [2.05, 4.69) is 41.3 Å². The number of nitrogens with zero attached hydrogens (tertiary/aromatic N) is 1. The molecule has 2 atom stereocenters. The predicted octanol–water partition coefficient (Wildman–Crippen LogP) is 4.31. The summed E-state index contributed by atoms with van der Waals surface area (Å²) in [6.45, 7) is 3.08. The molecule has 0 radical (unpaired) electrons. The Kier molecular flexibility index (Phi) is 6.67. The number of rotatable bonds is 8. The zero-order valence-corrected chi connectivity index (χ0v) is 17.4. The molecule has 4 nitrogen and oxygen atoms in total. The predicted molar refractivity (Wildman–Crippen MR) is 119 cm³/mol. The minimum atomic E-state index is -0.278. The van der Waals surface area contributed by atoms with Gasteiger partial charge in [0.2, 0.25) is 0 Å². The van der Waals surface area contributed by atoms with Crippen molar-refractivity contribution in [3.8, 4) is 11.5 Å². The van der Waals surface area contributed by atoms with Crippen molar-refractivity contribution in [2.45, 2.75) is 25.7 Å². The number of β-amino-alcohol motifs (C(OH)–C–C–N with tert-alkyl or cyclic N) is 1. The van der Waals surface area contributed by atoms with Gasteiger partial charge < -0.3 is 14.6 Å². The van der Waals surface area contributed by atoms with Gasteiger partial charge in [0.25, 0.3) is 0 Å². The average Bonchev–Trinajstić information content (AvgIpc) is 3.12. The summed E-state index contributed by atoms with van der Waals surface area (Å²) in [6, 6.07) is 26.6. The van der Waals surface area contributed by atoms with Gasteiger partial charge in [-0.15, -0.1) is 0 Å². The van der Waals surface area contributed by atoms with Crippen LogP contribution in [0.3, 0.4) is 0 Å². The summed E-state index contributed by atoms with van der Waals surface area (Å²) in [6.07, 6.45) is 0.602. The number of likely N-dealkylation sites (tertiary alicyclic amines) is 1. The van der Waals surface area contributed by atoms with Gasteiger partial charge in [0.15, 0.2) is 0 Å². The Balaban J connectivity index is 1.27. The largest absolute Gasteiger partial charge is 0.497 e. The van der Waals surface area contributed by atoms with E-state index in [0.29, 0.717) is 6.61 Å². The van der Waals surface area contributed by atoms with Gasteiger partial charge in [-0.25, -0.2) is 0 Å². The minimum absolute atomic E-state index is 0.264. The summed E-state index contributed by atoms with van der Waals surface area (Å²) >= 11 is 0. The lowest BCUT2D eigenvalue weighted by atomic mass is 9.97. The Hall–Kier alpha value is -2.82. The van der Waals surface area contributed by atoms with Crippen LogP contribution in [-0.4, -0.2) is 36.3 Å². The van der Waals surface area contributed by atoms with Crippen LogP contribution in [0.5, 0.6) is 11.5 Å². The van der Waals surface area contributed by atoms with Crippen molar-refractivity contribution >= 4 is 0 Å². The molecule has 0 amide bonds. The highest BCUT2D eigenvalue weighted by Gasteiger charge is 2.31. The summed E-state index contributed by atoms with van der Waals surface area (Å²) in [4.78, 5) is 2.34. The SMILES string of the molecule is COc1ccc(COc2ccc(C[C@@H]3CN(Cc4ccccc4)C[C@H]3O)cc2)cc1. The van der Waals surface area contributed by atoms with E-state index in [4.69, 9.17) is 9.47 Å². The van der Waals surface area contributed by atoms with Crippen molar-refractivity contribution in [1.29, 1.82) is 0 Å². The maximum absolute atomic E-state index is 10.5. The molecule has 1 saturated heterocycles. The molecule has 4 rings (SSSR count). The molecule has 3 aromatic carbocycles. The maximum Gasteiger partial charge on any atom is 0.119 e. The van der Waals surface area contributed by atoms with Gasteiger partial charge in [0, 0.05) is 25.6 Å². The first-order valence-electron chi connectivity index (χ1n) is 10.5. The molecule has 1 fully saturated rings. The standard InChI is InChI=1S/C26H29NO3/c1-29-24-11-9-22(10-12-24)19-30-25-13-7-20(8-14-25)15-23-17-27(18-26(23)28)16-21-5-3-2-4-6-21/h2-14,23,26,28H,15-19H2,1H3/t23-,26-/m1/s1. The first-order valence-corrected chi connectivity index (χ1v) is 10.5. The van der Waals surface area contributed by atoms with E-state index in [1.165, 1.54) is 11.1 Å². The van der Waals surface area contributed by atoms with Crippen LogP contribution < -0.4 is 9.47 Å². The second kappa shape index (κ2) is 9.79.